The van der Waals surface area contributed by atoms with Crippen molar-refractivity contribution in [3.05, 3.63) is 47.8 Å². The van der Waals surface area contributed by atoms with E-state index in [2.05, 4.69) is 19.9 Å². The fourth-order valence-corrected chi connectivity index (χ4v) is 2.75. The van der Waals surface area contributed by atoms with Crippen molar-refractivity contribution in [2.75, 3.05) is 0 Å². The summed E-state index contributed by atoms with van der Waals surface area (Å²) in [6.07, 6.45) is 5.79. The van der Waals surface area contributed by atoms with Gasteiger partial charge in [0.25, 0.3) is 0 Å². The van der Waals surface area contributed by atoms with Gasteiger partial charge in [0.05, 0.1) is 11.9 Å². The van der Waals surface area contributed by atoms with Crippen LogP contribution >= 0.6 is 11.8 Å². The van der Waals surface area contributed by atoms with Crippen molar-refractivity contribution >= 4 is 17.5 Å². The van der Waals surface area contributed by atoms with Crippen LogP contribution in [0.2, 0.25) is 0 Å². The Balaban J connectivity index is 1.78. The highest BCUT2D eigenvalue weighted by Gasteiger charge is 2.09. The molecule has 0 amide bonds. The SMILES string of the molecule is Cc1cc(C)nc(SCc2c[n+]3cccnc3[nH]2)n1. The van der Waals surface area contributed by atoms with Gasteiger partial charge >= 0.3 is 5.78 Å². The number of nitrogens with zero attached hydrogens (tertiary/aromatic N) is 4. The summed E-state index contributed by atoms with van der Waals surface area (Å²) in [7, 11) is 0. The number of H-pyrrole nitrogens is 1. The third-order valence-electron chi connectivity index (χ3n) is 2.66. The Morgan fingerprint density at radius 2 is 2.05 bits per heavy atom. The molecule has 3 aromatic rings. The second-order valence-electron chi connectivity index (χ2n) is 4.35. The van der Waals surface area contributed by atoms with Crippen molar-refractivity contribution in [2.24, 2.45) is 0 Å². The summed E-state index contributed by atoms with van der Waals surface area (Å²) in [6, 6.07) is 3.89. The van der Waals surface area contributed by atoms with Crippen molar-refractivity contribution in [3.63, 3.8) is 0 Å². The number of rotatable bonds is 3. The highest BCUT2D eigenvalue weighted by molar-refractivity contribution is 7.98. The maximum absolute atomic E-state index is 4.42. The molecule has 0 bridgehead atoms. The van der Waals surface area contributed by atoms with Gasteiger partial charge in [-0.05, 0) is 19.9 Å². The van der Waals surface area contributed by atoms with Crippen LogP contribution in [0.15, 0.2) is 35.9 Å². The average molecular weight is 272 g/mol. The van der Waals surface area contributed by atoms with E-state index in [1.54, 1.807) is 18.0 Å². The van der Waals surface area contributed by atoms with Gasteiger partial charge in [0.15, 0.2) is 5.16 Å². The van der Waals surface area contributed by atoms with Gasteiger partial charge in [-0.2, -0.15) is 0 Å². The number of aromatic amines is 1. The van der Waals surface area contributed by atoms with Crippen LogP contribution in [0.4, 0.5) is 0 Å². The van der Waals surface area contributed by atoms with Crippen LogP contribution < -0.4 is 4.40 Å². The summed E-state index contributed by atoms with van der Waals surface area (Å²) in [5.74, 6) is 1.64. The van der Waals surface area contributed by atoms with Crippen LogP contribution in [0, 0.1) is 13.8 Å². The van der Waals surface area contributed by atoms with Crippen molar-refractivity contribution in [3.8, 4) is 0 Å². The standard InChI is InChI=1S/C13H13N5S/c1-9-6-10(2)16-13(15-9)19-8-11-7-18-5-3-4-14-12(18)17-11/h3-7H,8H2,1-2H3/p+1. The zero-order valence-electron chi connectivity index (χ0n) is 10.8. The number of fused-ring (bicyclic) bond motifs is 1. The molecule has 0 aliphatic carbocycles. The lowest BCUT2D eigenvalue weighted by Crippen LogP contribution is -2.17. The summed E-state index contributed by atoms with van der Waals surface area (Å²) in [5, 5.41) is 0.814. The first kappa shape index (κ1) is 12.1. The van der Waals surface area contributed by atoms with E-state index in [0.29, 0.717) is 0 Å². The quantitative estimate of drug-likeness (QED) is 0.449. The number of hydrogen-bond donors (Lipinski definition) is 1. The van der Waals surface area contributed by atoms with Gasteiger partial charge in [0.1, 0.15) is 18.1 Å². The molecule has 0 atom stereocenters. The van der Waals surface area contributed by atoms with Crippen molar-refractivity contribution in [1.29, 1.82) is 0 Å². The van der Waals surface area contributed by atoms with Gasteiger partial charge in [-0.1, -0.05) is 16.7 Å². The molecule has 1 N–H and O–H groups in total. The number of aromatic nitrogens is 5. The fourth-order valence-electron chi connectivity index (χ4n) is 1.90. The second-order valence-corrected chi connectivity index (χ2v) is 5.29. The predicted molar refractivity (Wildman–Crippen MR) is 72.8 cm³/mol. The summed E-state index contributed by atoms with van der Waals surface area (Å²) in [6.45, 7) is 3.98. The number of imidazole rings is 1. The maximum atomic E-state index is 4.42. The molecule has 0 radical (unpaired) electrons. The van der Waals surface area contributed by atoms with Crippen molar-refractivity contribution in [1.82, 2.24) is 19.9 Å². The van der Waals surface area contributed by atoms with E-state index in [1.807, 2.05) is 42.8 Å². The van der Waals surface area contributed by atoms with Crippen LogP contribution in [0.5, 0.6) is 0 Å². The van der Waals surface area contributed by atoms with Gasteiger partial charge in [0.2, 0.25) is 0 Å². The van der Waals surface area contributed by atoms with E-state index < -0.39 is 0 Å². The molecule has 3 aromatic heterocycles. The highest BCUT2D eigenvalue weighted by atomic mass is 32.2. The van der Waals surface area contributed by atoms with Gasteiger partial charge in [-0.15, -0.1) is 0 Å². The molecular weight excluding hydrogens is 258 g/mol. The normalized spacial score (nSPS) is 11.1. The molecule has 3 heterocycles. The Labute approximate surface area is 115 Å². The Hall–Kier alpha value is -1.95. The third kappa shape index (κ3) is 2.73. The molecule has 0 fully saturated rings. The zero-order valence-corrected chi connectivity index (χ0v) is 11.6. The molecule has 3 rings (SSSR count). The lowest BCUT2D eigenvalue weighted by Gasteiger charge is -2.00. The minimum atomic E-state index is 0.798. The molecule has 0 saturated carbocycles. The number of hydrogen-bond acceptors (Lipinski definition) is 4. The monoisotopic (exact) mass is 272 g/mol. The first-order valence-corrected chi connectivity index (χ1v) is 6.98. The molecule has 0 aliphatic rings. The zero-order chi connectivity index (χ0) is 13.2. The molecule has 0 saturated heterocycles. The van der Waals surface area contributed by atoms with Gasteiger partial charge in [0, 0.05) is 17.5 Å². The summed E-state index contributed by atoms with van der Waals surface area (Å²) in [5.41, 5.74) is 3.11. The Morgan fingerprint density at radius 1 is 1.26 bits per heavy atom. The predicted octanol–water partition coefficient (Wildman–Crippen LogP) is 1.85. The van der Waals surface area contributed by atoms with Crippen LogP contribution in [-0.4, -0.2) is 19.9 Å². The van der Waals surface area contributed by atoms with Gasteiger partial charge in [-0.25, -0.2) is 19.4 Å². The maximum Gasteiger partial charge on any atom is 0.400 e. The largest absolute Gasteiger partial charge is 0.400 e. The van der Waals surface area contributed by atoms with Crippen LogP contribution in [-0.2, 0) is 5.75 Å². The minimum absolute atomic E-state index is 0.798. The molecule has 19 heavy (non-hydrogen) atoms. The molecule has 0 spiro atoms. The summed E-state index contributed by atoms with van der Waals surface area (Å²) in [4.78, 5) is 16.4. The number of nitrogens with one attached hydrogen (secondary N) is 1. The van der Waals surface area contributed by atoms with Crippen LogP contribution in [0.3, 0.4) is 0 Å². The molecule has 0 unspecified atom stereocenters. The average Bonchev–Trinajstić information content (AvgIpc) is 2.78. The molecular formula is C13H14N5S+. The molecule has 5 nitrogen and oxygen atoms in total. The van der Waals surface area contributed by atoms with Crippen molar-refractivity contribution < 1.29 is 4.40 Å². The lowest BCUT2D eigenvalue weighted by molar-refractivity contribution is -0.512. The fraction of sp³-hybridized carbons (Fsp3) is 0.231. The highest BCUT2D eigenvalue weighted by Crippen LogP contribution is 2.18. The first-order valence-electron chi connectivity index (χ1n) is 6.00. The third-order valence-corrected chi connectivity index (χ3v) is 3.56. The Kier molecular flexibility index (Phi) is 3.16. The molecule has 0 aromatic carbocycles. The van der Waals surface area contributed by atoms with Gasteiger partial charge in [-0.3, -0.25) is 0 Å². The summed E-state index contributed by atoms with van der Waals surface area (Å²) >= 11 is 1.62. The summed E-state index contributed by atoms with van der Waals surface area (Å²) < 4.78 is 1.97. The number of thioether (sulfide) groups is 1. The van der Waals surface area contributed by atoms with Crippen LogP contribution in [0.1, 0.15) is 17.1 Å². The lowest BCUT2D eigenvalue weighted by atomic mass is 10.4. The second kappa shape index (κ2) is 4.97. The molecule has 96 valence electrons. The van der Waals surface area contributed by atoms with Crippen molar-refractivity contribution in [2.45, 2.75) is 24.8 Å². The van der Waals surface area contributed by atoms with E-state index >= 15 is 0 Å². The smallest absolute Gasteiger partial charge is 0.242 e. The Morgan fingerprint density at radius 3 is 2.79 bits per heavy atom. The topological polar surface area (TPSA) is 58.6 Å². The van der Waals surface area contributed by atoms with E-state index in [0.717, 1.165) is 33.8 Å². The first-order chi connectivity index (χ1) is 9.20. The Bertz CT molecular complexity index is 669. The minimum Gasteiger partial charge on any atom is -0.242 e. The van der Waals surface area contributed by atoms with Crippen LogP contribution in [0.25, 0.3) is 5.78 Å². The molecule has 6 heteroatoms. The van der Waals surface area contributed by atoms with E-state index in [4.69, 9.17) is 0 Å². The number of aryl methyl sites for hydroxylation is 2. The van der Waals surface area contributed by atoms with E-state index in [9.17, 15) is 0 Å². The van der Waals surface area contributed by atoms with E-state index in [-0.39, 0.29) is 0 Å². The molecule has 0 aliphatic heterocycles. The van der Waals surface area contributed by atoms with E-state index in [1.165, 1.54) is 0 Å². The van der Waals surface area contributed by atoms with Gasteiger partial charge < -0.3 is 0 Å².